The molecular weight excluding hydrogens is 356 g/mol. The molecule has 2 aromatic carbocycles. The Morgan fingerprint density at radius 1 is 1.19 bits per heavy atom. The Morgan fingerprint density at radius 3 is 2.38 bits per heavy atom. The van der Waals surface area contributed by atoms with Crippen LogP contribution in [0.5, 0.6) is 5.75 Å². The van der Waals surface area contributed by atoms with Crippen molar-refractivity contribution in [2.75, 3.05) is 17.6 Å². The molecule has 0 aliphatic rings. The summed E-state index contributed by atoms with van der Waals surface area (Å²) in [5.41, 5.74) is 7.41. The number of halogens is 1. The number of rotatable bonds is 4. The molecule has 0 unspecified atom stereocenters. The van der Waals surface area contributed by atoms with Crippen LogP contribution in [0.3, 0.4) is 0 Å². The lowest BCUT2D eigenvalue weighted by Crippen LogP contribution is -2.14. The molecule has 2 aromatic rings. The largest absolute Gasteiger partial charge is 0.495 e. The maximum atomic E-state index is 12.5. The van der Waals surface area contributed by atoms with Gasteiger partial charge >= 0.3 is 0 Å². The van der Waals surface area contributed by atoms with Crippen LogP contribution in [-0.4, -0.2) is 15.5 Å². The number of nitrogen functional groups attached to an aromatic ring is 1. The minimum absolute atomic E-state index is 0.0102. The summed E-state index contributed by atoms with van der Waals surface area (Å²) in [7, 11) is -2.36. The molecule has 0 aliphatic carbocycles. The minimum atomic E-state index is -3.78. The summed E-state index contributed by atoms with van der Waals surface area (Å²) in [6, 6.07) is 9.81. The fraction of sp³-hybridized carbons (Fsp3) is 0.143. The van der Waals surface area contributed by atoms with Crippen LogP contribution in [0.25, 0.3) is 0 Å². The normalized spacial score (nSPS) is 11.2. The van der Waals surface area contributed by atoms with E-state index in [-0.39, 0.29) is 10.6 Å². The summed E-state index contributed by atoms with van der Waals surface area (Å²) in [5.74, 6) is 0.256. The van der Waals surface area contributed by atoms with Crippen molar-refractivity contribution < 1.29 is 13.2 Å². The summed E-state index contributed by atoms with van der Waals surface area (Å²) in [6.07, 6.45) is 0. The Morgan fingerprint density at radius 2 is 1.81 bits per heavy atom. The van der Waals surface area contributed by atoms with Crippen molar-refractivity contribution in [2.45, 2.75) is 11.8 Å². The molecule has 0 amide bonds. The van der Waals surface area contributed by atoms with Gasteiger partial charge in [-0.3, -0.25) is 4.72 Å². The van der Waals surface area contributed by atoms with E-state index in [0.29, 0.717) is 11.4 Å². The molecule has 0 saturated heterocycles. The van der Waals surface area contributed by atoms with Crippen LogP contribution < -0.4 is 15.2 Å². The number of nitrogens with one attached hydrogen (secondary N) is 1. The van der Waals surface area contributed by atoms with Crippen LogP contribution in [0.1, 0.15) is 5.56 Å². The minimum Gasteiger partial charge on any atom is -0.495 e. The van der Waals surface area contributed by atoms with Gasteiger partial charge in [0.15, 0.2) is 0 Å². The second-order valence-corrected chi connectivity index (χ2v) is 7.04. The summed E-state index contributed by atoms with van der Waals surface area (Å²) >= 11 is 3.30. The highest BCUT2D eigenvalue weighted by molar-refractivity contribution is 9.10. The summed E-state index contributed by atoms with van der Waals surface area (Å²) in [5, 5.41) is 0. The average Bonchev–Trinajstić information content (AvgIpc) is 2.43. The van der Waals surface area contributed by atoms with E-state index in [1.54, 1.807) is 37.3 Å². The second kappa shape index (κ2) is 5.95. The van der Waals surface area contributed by atoms with Gasteiger partial charge < -0.3 is 10.5 Å². The predicted octanol–water partition coefficient (Wildman–Crippen LogP) is 3.15. The average molecular weight is 371 g/mol. The molecular formula is C14H15BrN2O3S. The zero-order chi connectivity index (χ0) is 15.6. The van der Waals surface area contributed by atoms with E-state index in [2.05, 4.69) is 20.7 Å². The van der Waals surface area contributed by atoms with Gasteiger partial charge in [-0.2, -0.15) is 0 Å². The van der Waals surface area contributed by atoms with E-state index in [1.165, 1.54) is 13.2 Å². The number of ether oxygens (including phenoxy) is 1. The van der Waals surface area contributed by atoms with E-state index >= 15 is 0 Å². The van der Waals surface area contributed by atoms with Gasteiger partial charge in [-0.1, -0.05) is 15.9 Å². The number of aryl methyl sites for hydroxylation is 1. The second-order valence-electron chi connectivity index (χ2n) is 4.47. The zero-order valence-corrected chi connectivity index (χ0v) is 14.0. The number of benzene rings is 2. The first kappa shape index (κ1) is 15.7. The molecule has 0 bridgehead atoms. The molecule has 7 heteroatoms. The standard InChI is InChI=1S/C14H15BrN2O3S/c1-9-7-13(20-2)14(8-12(9)16)21(18,19)17-11-5-3-10(15)4-6-11/h3-8,17H,16H2,1-2H3. The van der Waals surface area contributed by atoms with Crippen molar-refractivity contribution in [3.63, 3.8) is 0 Å². The van der Waals surface area contributed by atoms with Gasteiger partial charge in [-0.25, -0.2) is 8.42 Å². The topological polar surface area (TPSA) is 81.4 Å². The van der Waals surface area contributed by atoms with Crippen molar-refractivity contribution in [2.24, 2.45) is 0 Å². The summed E-state index contributed by atoms with van der Waals surface area (Å²) in [6.45, 7) is 1.79. The lowest BCUT2D eigenvalue weighted by atomic mass is 10.2. The van der Waals surface area contributed by atoms with E-state index in [0.717, 1.165) is 10.0 Å². The third kappa shape index (κ3) is 3.48. The highest BCUT2D eigenvalue weighted by atomic mass is 79.9. The molecule has 21 heavy (non-hydrogen) atoms. The molecule has 0 atom stereocenters. The number of sulfonamides is 1. The predicted molar refractivity (Wildman–Crippen MR) is 87.1 cm³/mol. The first-order chi connectivity index (χ1) is 9.83. The highest BCUT2D eigenvalue weighted by Gasteiger charge is 2.21. The first-order valence-electron chi connectivity index (χ1n) is 6.06. The zero-order valence-electron chi connectivity index (χ0n) is 11.6. The third-order valence-electron chi connectivity index (χ3n) is 2.94. The Balaban J connectivity index is 2.44. The van der Waals surface area contributed by atoms with Crippen LogP contribution in [0, 0.1) is 6.92 Å². The Hall–Kier alpha value is -1.73. The van der Waals surface area contributed by atoms with Gasteiger partial charge in [0.1, 0.15) is 10.6 Å². The maximum absolute atomic E-state index is 12.5. The molecule has 2 rings (SSSR count). The number of methoxy groups -OCH3 is 1. The molecule has 0 heterocycles. The molecule has 0 aromatic heterocycles. The van der Waals surface area contributed by atoms with Gasteiger partial charge in [-0.05, 0) is 48.9 Å². The van der Waals surface area contributed by atoms with Crippen molar-refractivity contribution in [3.8, 4) is 5.75 Å². The smallest absolute Gasteiger partial charge is 0.265 e. The van der Waals surface area contributed by atoms with Crippen molar-refractivity contribution in [3.05, 3.63) is 46.4 Å². The quantitative estimate of drug-likeness (QED) is 0.809. The van der Waals surface area contributed by atoms with Crippen molar-refractivity contribution >= 4 is 37.3 Å². The Labute approximate surface area is 132 Å². The van der Waals surface area contributed by atoms with Gasteiger partial charge in [0.05, 0.1) is 7.11 Å². The van der Waals surface area contributed by atoms with E-state index in [4.69, 9.17) is 10.5 Å². The van der Waals surface area contributed by atoms with Crippen LogP contribution in [0.4, 0.5) is 11.4 Å². The van der Waals surface area contributed by atoms with Gasteiger partial charge in [0.25, 0.3) is 10.0 Å². The van der Waals surface area contributed by atoms with Crippen LogP contribution in [0.2, 0.25) is 0 Å². The first-order valence-corrected chi connectivity index (χ1v) is 8.33. The molecule has 0 fully saturated rings. The summed E-state index contributed by atoms with van der Waals surface area (Å²) in [4.78, 5) is 0.0102. The van der Waals surface area contributed by atoms with Gasteiger partial charge in [0.2, 0.25) is 0 Å². The third-order valence-corrected chi connectivity index (χ3v) is 4.87. The van der Waals surface area contributed by atoms with E-state index in [9.17, 15) is 8.42 Å². The number of hydrogen-bond donors (Lipinski definition) is 2. The fourth-order valence-electron chi connectivity index (χ4n) is 1.77. The fourth-order valence-corrected chi connectivity index (χ4v) is 3.28. The SMILES string of the molecule is COc1cc(C)c(N)cc1S(=O)(=O)Nc1ccc(Br)cc1. The van der Waals surface area contributed by atoms with Gasteiger partial charge in [0, 0.05) is 15.8 Å². The monoisotopic (exact) mass is 370 g/mol. The number of anilines is 2. The summed E-state index contributed by atoms with van der Waals surface area (Å²) < 4.78 is 33.4. The molecule has 0 radical (unpaired) electrons. The molecule has 0 aliphatic heterocycles. The molecule has 112 valence electrons. The molecule has 0 spiro atoms. The Kier molecular flexibility index (Phi) is 4.43. The van der Waals surface area contributed by atoms with Crippen molar-refractivity contribution in [1.29, 1.82) is 0 Å². The van der Waals surface area contributed by atoms with Crippen LogP contribution in [-0.2, 0) is 10.0 Å². The van der Waals surface area contributed by atoms with Crippen molar-refractivity contribution in [1.82, 2.24) is 0 Å². The number of hydrogen-bond acceptors (Lipinski definition) is 4. The molecule has 5 nitrogen and oxygen atoms in total. The Bertz CT molecular complexity index is 759. The lowest BCUT2D eigenvalue weighted by molar-refractivity contribution is 0.402. The van der Waals surface area contributed by atoms with Crippen LogP contribution >= 0.6 is 15.9 Å². The van der Waals surface area contributed by atoms with Gasteiger partial charge in [-0.15, -0.1) is 0 Å². The highest BCUT2D eigenvalue weighted by Crippen LogP contribution is 2.30. The molecule has 3 N–H and O–H groups in total. The van der Waals surface area contributed by atoms with E-state index in [1.807, 2.05) is 0 Å². The lowest BCUT2D eigenvalue weighted by Gasteiger charge is -2.13. The molecule has 0 saturated carbocycles. The maximum Gasteiger partial charge on any atom is 0.265 e. The van der Waals surface area contributed by atoms with E-state index < -0.39 is 10.0 Å². The number of nitrogens with two attached hydrogens (primary N) is 1. The van der Waals surface area contributed by atoms with Crippen LogP contribution in [0.15, 0.2) is 45.8 Å².